The molecule has 16 heavy (non-hydrogen) atoms. The summed E-state index contributed by atoms with van der Waals surface area (Å²) >= 11 is 0. The fourth-order valence-corrected chi connectivity index (χ4v) is 1.72. The normalized spacial score (nSPS) is 20.6. The molecule has 0 amide bonds. The average molecular weight is 230 g/mol. The Balaban J connectivity index is 4.47. The van der Waals surface area contributed by atoms with Crippen molar-refractivity contribution in [3.8, 4) is 0 Å². The van der Waals surface area contributed by atoms with Crippen LogP contribution in [0, 0.1) is 17.8 Å². The Morgan fingerprint density at radius 3 is 2.12 bits per heavy atom. The van der Waals surface area contributed by atoms with Gasteiger partial charge >= 0.3 is 5.97 Å². The summed E-state index contributed by atoms with van der Waals surface area (Å²) in [4.78, 5) is 10.7. The van der Waals surface area contributed by atoms with Crippen molar-refractivity contribution in [3.63, 3.8) is 0 Å². The first kappa shape index (κ1) is 15.1. The topological polar surface area (TPSA) is 77.8 Å². The van der Waals surface area contributed by atoms with Gasteiger partial charge in [-0.05, 0) is 19.3 Å². The van der Waals surface area contributed by atoms with E-state index in [1.54, 1.807) is 13.0 Å². The van der Waals surface area contributed by atoms with Crippen LogP contribution in [0.2, 0.25) is 0 Å². The molecule has 0 aromatic rings. The van der Waals surface area contributed by atoms with Gasteiger partial charge in [0.05, 0.1) is 18.1 Å². The quantitative estimate of drug-likeness (QED) is 0.576. The summed E-state index contributed by atoms with van der Waals surface area (Å²) in [6.07, 6.45) is 0.572. The van der Waals surface area contributed by atoms with Crippen molar-refractivity contribution < 1.29 is 20.1 Å². The molecule has 0 bridgehead atoms. The molecule has 94 valence electrons. The van der Waals surface area contributed by atoms with Crippen LogP contribution < -0.4 is 0 Å². The van der Waals surface area contributed by atoms with Gasteiger partial charge in [-0.1, -0.05) is 19.9 Å². The summed E-state index contributed by atoms with van der Waals surface area (Å²) in [7, 11) is 0. The largest absolute Gasteiger partial charge is 0.481 e. The van der Waals surface area contributed by atoms with Crippen LogP contribution in [0.4, 0.5) is 0 Å². The summed E-state index contributed by atoms with van der Waals surface area (Å²) in [6, 6.07) is 0. The number of rotatable bonds is 7. The number of hydrogen-bond donors (Lipinski definition) is 3. The minimum absolute atomic E-state index is 0.0388. The number of aliphatic hydroxyl groups excluding tert-OH is 2. The molecule has 0 aromatic carbocycles. The van der Waals surface area contributed by atoms with E-state index in [-0.39, 0.29) is 5.92 Å². The number of carboxylic acids is 1. The lowest BCUT2D eigenvalue weighted by atomic mass is 9.83. The summed E-state index contributed by atoms with van der Waals surface area (Å²) in [6.45, 7) is 8.53. The van der Waals surface area contributed by atoms with Crippen LogP contribution in [0.3, 0.4) is 0 Å². The van der Waals surface area contributed by atoms with Crippen molar-refractivity contribution in [3.05, 3.63) is 12.7 Å². The number of carboxylic acid groups (broad SMARTS) is 1. The van der Waals surface area contributed by atoms with E-state index in [2.05, 4.69) is 6.58 Å². The lowest BCUT2D eigenvalue weighted by Crippen LogP contribution is -2.39. The Morgan fingerprint density at radius 2 is 1.75 bits per heavy atom. The summed E-state index contributed by atoms with van der Waals surface area (Å²) < 4.78 is 0. The molecular weight excluding hydrogens is 208 g/mol. The van der Waals surface area contributed by atoms with Crippen molar-refractivity contribution in [1.29, 1.82) is 0 Å². The highest BCUT2D eigenvalue weighted by atomic mass is 16.4. The standard InChI is InChI=1S/C12H22O4/c1-5-6-7(2)10(13)8(3)11(14)9(4)12(15)16/h5,7-11,13-14H,1,6H2,2-4H3,(H,15,16)/t7?,8?,9?,10?,11-/m0/s1. The fourth-order valence-electron chi connectivity index (χ4n) is 1.72. The molecule has 0 saturated heterocycles. The highest BCUT2D eigenvalue weighted by Gasteiger charge is 2.32. The average Bonchev–Trinajstić information content (AvgIpc) is 2.25. The minimum atomic E-state index is -1.05. The fraction of sp³-hybridized carbons (Fsp3) is 0.750. The minimum Gasteiger partial charge on any atom is -0.481 e. The van der Waals surface area contributed by atoms with E-state index >= 15 is 0 Å². The van der Waals surface area contributed by atoms with Crippen LogP contribution >= 0.6 is 0 Å². The van der Waals surface area contributed by atoms with Gasteiger partial charge < -0.3 is 15.3 Å². The number of hydrogen-bond acceptors (Lipinski definition) is 3. The molecule has 0 aliphatic heterocycles. The van der Waals surface area contributed by atoms with Gasteiger partial charge in [0.15, 0.2) is 0 Å². The van der Waals surface area contributed by atoms with Crippen molar-refractivity contribution in [2.75, 3.05) is 0 Å². The Bertz CT molecular complexity index is 239. The first-order valence-corrected chi connectivity index (χ1v) is 5.52. The highest BCUT2D eigenvalue weighted by molar-refractivity contribution is 5.70. The number of aliphatic hydroxyl groups is 2. The van der Waals surface area contributed by atoms with Crippen molar-refractivity contribution >= 4 is 5.97 Å². The Morgan fingerprint density at radius 1 is 1.25 bits per heavy atom. The van der Waals surface area contributed by atoms with Gasteiger partial charge in [-0.3, -0.25) is 4.79 Å². The van der Waals surface area contributed by atoms with Crippen molar-refractivity contribution in [1.82, 2.24) is 0 Å². The van der Waals surface area contributed by atoms with Crippen LogP contribution in [0.5, 0.6) is 0 Å². The summed E-state index contributed by atoms with van der Waals surface area (Å²) in [5, 5.41) is 28.5. The van der Waals surface area contributed by atoms with Crippen molar-refractivity contribution in [2.45, 2.75) is 39.4 Å². The maximum Gasteiger partial charge on any atom is 0.308 e. The van der Waals surface area contributed by atoms with Gasteiger partial charge in [0, 0.05) is 5.92 Å². The maximum atomic E-state index is 10.7. The molecule has 0 heterocycles. The van der Waals surface area contributed by atoms with Crippen LogP contribution in [-0.2, 0) is 4.79 Å². The third-order valence-corrected chi connectivity index (χ3v) is 3.10. The van der Waals surface area contributed by atoms with Gasteiger partial charge in [-0.2, -0.15) is 0 Å². The second-order valence-electron chi connectivity index (χ2n) is 4.47. The summed E-state index contributed by atoms with van der Waals surface area (Å²) in [5.41, 5.74) is 0. The zero-order chi connectivity index (χ0) is 12.9. The molecule has 4 nitrogen and oxygen atoms in total. The van der Waals surface area contributed by atoms with E-state index in [1.807, 2.05) is 6.92 Å². The lowest BCUT2D eigenvalue weighted by molar-refractivity contribution is -0.147. The first-order chi connectivity index (χ1) is 7.32. The number of allylic oxidation sites excluding steroid dienone is 1. The first-order valence-electron chi connectivity index (χ1n) is 5.52. The Labute approximate surface area is 96.6 Å². The molecule has 0 rings (SSSR count). The zero-order valence-corrected chi connectivity index (χ0v) is 10.1. The molecule has 4 unspecified atom stereocenters. The van der Waals surface area contributed by atoms with Gasteiger partial charge in [0.25, 0.3) is 0 Å². The van der Waals surface area contributed by atoms with Crippen LogP contribution in [0.1, 0.15) is 27.2 Å². The summed E-state index contributed by atoms with van der Waals surface area (Å²) in [5.74, 6) is -2.44. The Hall–Kier alpha value is -0.870. The zero-order valence-electron chi connectivity index (χ0n) is 10.1. The number of carbonyl (C=O) groups is 1. The smallest absolute Gasteiger partial charge is 0.308 e. The van der Waals surface area contributed by atoms with E-state index in [0.717, 1.165) is 0 Å². The van der Waals surface area contributed by atoms with E-state index in [0.29, 0.717) is 6.42 Å². The van der Waals surface area contributed by atoms with Crippen molar-refractivity contribution in [2.24, 2.45) is 17.8 Å². The number of aliphatic carboxylic acids is 1. The second kappa shape index (κ2) is 6.66. The molecule has 0 radical (unpaired) electrons. The van der Waals surface area contributed by atoms with E-state index in [4.69, 9.17) is 5.11 Å². The third kappa shape index (κ3) is 3.94. The van der Waals surface area contributed by atoms with Crippen LogP contribution in [0.15, 0.2) is 12.7 Å². The molecule has 0 saturated carbocycles. The lowest BCUT2D eigenvalue weighted by Gasteiger charge is -2.29. The van der Waals surface area contributed by atoms with Gasteiger partial charge in [0.1, 0.15) is 0 Å². The predicted octanol–water partition coefficient (Wildman–Crippen LogP) is 1.28. The Kier molecular flexibility index (Phi) is 6.29. The van der Waals surface area contributed by atoms with E-state index < -0.39 is 30.0 Å². The van der Waals surface area contributed by atoms with Gasteiger partial charge in [0.2, 0.25) is 0 Å². The monoisotopic (exact) mass is 230 g/mol. The predicted molar refractivity (Wildman–Crippen MR) is 62.0 cm³/mol. The molecule has 0 aliphatic carbocycles. The molecule has 3 N–H and O–H groups in total. The molecule has 4 heteroatoms. The van der Waals surface area contributed by atoms with Gasteiger partial charge in [-0.25, -0.2) is 0 Å². The highest BCUT2D eigenvalue weighted by Crippen LogP contribution is 2.23. The van der Waals surface area contributed by atoms with Crippen LogP contribution in [-0.4, -0.2) is 33.5 Å². The van der Waals surface area contributed by atoms with E-state index in [9.17, 15) is 15.0 Å². The molecule has 0 fully saturated rings. The van der Waals surface area contributed by atoms with Gasteiger partial charge in [-0.15, -0.1) is 6.58 Å². The molecular formula is C12H22O4. The second-order valence-corrected chi connectivity index (χ2v) is 4.47. The van der Waals surface area contributed by atoms with E-state index in [1.165, 1.54) is 6.92 Å². The SMILES string of the molecule is C=CCC(C)C(O)C(C)[C@H](O)C(C)C(=O)O. The van der Waals surface area contributed by atoms with Crippen LogP contribution in [0.25, 0.3) is 0 Å². The maximum absolute atomic E-state index is 10.7. The molecule has 0 aliphatic rings. The third-order valence-electron chi connectivity index (χ3n) is 3.10. The molecule has 5 atom stereocenters. The molecule has 0 aromatic heterocycles. The molecule has 0 spiro atoms.